The van der Waals surface area contributed by atoms with Gasteiger partial charge in [-0.1, -0.05) is 53.0 Å². The molecule has 1 aliphatic rings. The Morgan fingerprint density at radius 2 is 1.70 bits per heavy atom. The Kier molecular flexibility index (Phi) is 4.51. The first-order chi connectivity index (χ1) is 9.23. The highest BCUT2D eigenvalue weighted by atomic mass is 35.6. The Labute approximate surface area is 132 Å². The van der Waals surface area contributed by atoms with Crippen molar-refractivity contribution in [2.75, 3.05) is 19.8 Å². The van der Waals surface area contributed by atoms with Crippen LogP contribution in [0.2, 0.25) is 0 Å². The van der Waals surface area contributed by atoms with Crippen molar-refractivity contribution in [3.63, 3.8) is 0 Å². The van der Waals surface area contributed by atoms with Gasteiger partial charge in [0.15, 0.2) is 0 Å². The van der Waals surface area contributed by atoms with Crippen molar-refractivity contribution in [1.82, 2.24) is 9.21 Å². The Morgan fingerprint density at radius 1 is 1.10 bits per heavy atom. The van der Waals surface area contributed by atoms with E-state index in [1.54, 1.807) is 18.2 Å². The van der Waals surface area contributed by atoms with Gasteiger partial charge in [0.1, 0.15) is 0 Å². The molecule has 0 spiro atoms. The molecule has 0 unspecified atom stereocenters. The molecule has 1 aliphatic heterocycles. The first-order valence-corrected chi connectivity index (χ1v) is 8.21. The van der Waals surface area contributed by atoms with Crippen LogP contribution >= 0.6 is 34.8 Å². The quantitative estimate of drug-likeness (QED) is 0.759. The molecular weight excluding hydrogens is 347 g/mol. The molecular formula is C11H11Cl3N2O3S. The summed E-state index contributed by atoms with van der Waals surface area (Å²) < 4.78 is 23.8. The highest BCUT2D eigenvalue weighted by molar-refractivity contribution is 7.89. The second kappa shape index (κ2) is 5.69. The maximum absolute atomic E-state index is 12.3. The number of benzene rings is 1. The van der Waals surface area contributed by atoms with Crippen LogP contribution in [0.3, 0.4) is 0 Å². The molecule has 0 aliphatic carbocycles. The lowest BCUT2D eigenvalue weighted by Gasteiger charge is -2.21. The summed E-state index contributed by atoms with van der Waals surface area (Å²) in [5.41, 5.74) is 0. The van der Waals surface area contributed by atoms with E-state index in [0.717, 1.165) is 0 Å². The number of hydrogen-bond acceptors (Lipinski definition) is 3. The molecule has 1 heterocycles. The minimum absolute atomic E-state index is 0.121. The van der Waals surface area contributed by atoms with Crippen LogP contribution in [-0.2, 0) is 14.8 Å². The molecule has 1 amide bonds. The van der Waals surface area contributed by atoms with E-state index in [1.807, 2.05) is 0 Å². The third-order valence-corrected chi connectivity index (χ3v) is 5.19. The molecule has 1 fully saturated rings. The van der Waals surface area contributed by atoms with E-state index in [2.05, 4.69) is 0 Å². The van der Waals surface area contributed by atoms with Crippen molar-refractivity contribution in [2.24, 2.45) is 0 Å². The van der Waals surface area contributed by atoms with Gasteiger partial charge in [-0.15, -0.1) is 0 Å². The smallest absolute Gasteiger partial charge is 0.275 e. The lowest BCUT2D eigenvalue weighted by Crippen LogP contribution is -2.39. The van der Waals surface area contributed by atoms with Gasteiger partial charge in [-0.25, -0.2) is 8.42 Å². The largest absolute Gasteiger partial charge is 0.324 e. The molecule has 5 nitrogen and oxygen atoms in total. The highest BCUT2D eigenvalue weighted by Crippen LogP contribution is 2.30. The van der Waals surface area contributed by atoms with Crippen LogP contribution in [0, 0.1) is 0 Å². The van der Waals surface area contributed by atoms with Crippen molar-refractivity contribution in [2.45, 2.75) is 8.69 Å². The molecule has 0 aromatic heterocycles. The van der Waals surface area contributed by atoms with Gasteiger partial charge < -0.3 is 4.90 Å². The Morgan fingerprint density at radius 3 is 2.25 bits per heavy atom. The fourth-order valence-corrected chi connectivity index (χ4v) is 3.62. The monoisotopic (exact) mass is 356 g/mol. The normalized spacial score (nSPS) is 17.4. The van der Waals surface area contributed by atoms with Crippen LogP contribution in [0.1, 0.15) is 0 Å². The van der Waals surface area contributed by atoms with Crippen molar-refractivity contribution >= 4 is 50.7 Å². The van der Waals surface area contributed by atoms with E-state index in [4.69, 9.17) is 34.8 Å². The van der Waals surface area contributed by atoms with E-state index in [0.29, 0.717) is 0 Å². The average molecular weight is 358 g/mol. The first-order valence-electron chi connectivity index (χ1n) is 5.64. The number of sulfonamides is 1. The fourth-order valence-electron chi connectivity index (χ4n) is 1.85. The second-order valence-electron chi connectivity index (χ2n) is 4.20. The number of carbonyl (C=O) groups is 1. The molecule has 0 atom stereocenters. The number of amides is 1. The van der Waals surface area contributed by atoms with Crippen LogP contribution in [0.5, 0.6) is 0 Å². The van der Waals surface area contributed by atoms with Crippen molar-refractivity contribution in [1.29, 1.82) is 0 Å². The summed E-state index contributed by atoms with van der Waals surface area (Å²) in [4.78, 5) is 13.2. The molecule has 9 heteroatoms. The standard InChI is InChI=1S/C11H11Cl3N2O3S/c12-11(13,14)10(17)15-6-7-16(8-15)20(18,19)9-4-2-1-3-5-9/h1-5H,6-8H2. The third kappa shape index (κ3) is 3.20. The van der Waals surface area contributed by atoms with E-state index in [1.165, 1.54) is 21.3 Å². The molecule has 0 bridgehead atoms. The molecule has 20 heavy (non-hydrogen) atoms. The Bertz CT molecular complexity index is 601. The zero-order chi connectivity index (χ0) is 15.0. The number of alkyl halides is 3. The minimum Gasteiger partial charge on any atom is -0.324 e. The van der Waals surface area contributed by atoms with E-state index < -0.39 is 19.7 Å². The molecule has 0 saturated carbocycles. The predicted molar refractivity (Wildman–Crippen MR) is 77.2 cm³/mol. The third-order valence-electron chi connectivity index (χ3n) is 2.86. The van der Waals surface area contributed by atoms with Crippen LogP contribution < -0.4 is 0 Å². The van der Waals surface area contributed by atoms with Gasteiger partial charge in [-0.3, -0.25) is 4.79 Å². The average Bonchev–Trinajstić information content (AvgIpc) is 2.88. The molecule has 1 saturated heterocycles. The van der Waals surface area contributed by atoms with Gasteiger partial charge in [0.2, 0.25) is 10.0 Å². The summed E-state index contributed by atoms with van der Waals surface area (Å²) in [6.45, 7) is 0.243. The number of rotatable bonds is 2. The zero-order valence-corrected chi connectivity index (χ0v) is 13.3. The van der Waals surface area contributed by atoms with E-state index in [9.17, 15) is 13.2 Å². The lowest BCUT2D eigenvalue weighted by atomic mass is 10.4. The molecule has 1 aromatic rings. The second-order valence-corrected chi connectivity index (χ2v) is 8.42. The summed E-state index contributed by atoms with van der Waals surface area (Å²) in [6.07, 6.45) is 0. The predicted octanol–water partition coefficient (Wildman–Crippen LogP) is 1.85. The van der Waals surface area contributed by atoms with Crippen LogP contribution in [-0.4, -0.2) is 47.1 Å². The highest BCUT2D eigenvalue weighted by Gasteiger charge is 2.40. The number of nitrogens with zero attached hydrogens (tertiary/aromatic N) is 2. The molecule has 2 rings (SSSR count). The van der Waals surface area contributed by atoms with Gasteiger partial charge in [-0.05, 0) is 12.1 Å². The zero-order valence-electron chi connectivity index (χ0n) is 10.2. The summed E-state index contributed by atoms with van der Waals surface area (Å²) in [5.74, 6) is -0.728. The number of hydrogen-bond donors (Lipinski definition) is 0. The maximum atomic E-state index is 12.3. The van der Waals surface area contributed by atoms with Gasteiger partial charge >= 0.3 is 0 Å². The van der Waals surface area contributed by atoms with Crippen molar-refractivity contribution in [3.05, 3.63) is 30.3 Å². The Hall–Kier alpha value is -0.530. The van der Waals surface area contributed by atoms with Gasteiger partial charge in [-0.2, -0.15) is 4.31 Å². The SMILES string of the molecule is O=C(N1CCN(S(=O)(=O)c2ccccc2)C1)C(Cl)(Cl)Cl. The van der Waals surface area contributed by atoms with E-state index in [-0.39, 0.29) is 24.7 Å². The van der Waals surface area contributed by atoms with Gasteiger partial charge in [0.25, 0.3) is 9.70 Å². The number of halogens is 3. The van der Waals surface area contributed by atoms with Crippen LogP contribution in [0.25, 0.3) is 0 Å². The van der Waals surface area contributed by atoms with Crippen LogP contribution in [0.4, 0.5) is 0 Å². The van der Waals surface area contributed by atoms with Gasteiger partial charge in [0.05, 0.1) is 11.6 Å². The van der Waals surface area contributed by atoms with Crippen molar-refractivity contribution in [3.8, 4) is 0 Å². The summed E-state index contributed by atoms with van der Waals surface area (Å²) >= 11 is 16.5. The van der Waals surface area contributed by atoms with Crippen molar-refractivity contribution < 1.29 is 13.2 Å². The lowest BCUT2D eigenvalue weighted by molar-refractivity contribution is -0.129. The molecule has 110 valence electrons. The Balaban J connectivity index is 2.16. The van der Waals surface area contributed by atoms with E-state index >= 15 is 0 Å². The maximum Gasteiger partial charge on any atom is 0.275 e. The fraction of sp³-hybridized carbons (Fsp3) is 0.364. The number of carbonyl (C=O) groups excluding carboxylic acids is 1. The molecule has 0 radical (unpaired) electrons. The first kappa shape index (κ1) is 15.9. The molecule has 0 N–H and O–H groups in total. The summed E-state index contributed by atoms with van der Waals surface area (Å²) in [7, 11) is -3.64. The minimum atomic E-state index is -3.64. The summed E-state index contributed by atoms with van der Waals surface area (Å²) in [6, 6.07) is 7.98. The summed E-state index contributed by atoms with van der Waals surface area (Å²) in [5, 5.41) is 0. The topological polar surface area (TPSA) is 57.7 Å². The van der Waals surface area contributed by atoms with Crippen LogP contribution in [0.15, 0.2) is 35.2 Å². The van der Waals surface area contributed by atoms with Gasteiger partial charge in [0, 0.05) is 13.1 Å². The molecule has 1 aromatic carbocycles.